The maximum atomic E-state index is 11.6. The molecule has 1 saturated carbocycles. The van der Waals surface area contributed by atoms with Gasteiger partial charge >= 0.3 is 5.97 Å². The number of halogens is 2. The van der Waals surface area contributed by atoms with Gasteiger partial charge in [0.1, 0.15) is 11.3 Å². The molecule has 1 aromatic heterocycles. The summed E-state index contributed by atoms with van der Waals surface area (Å²) < 4.78 is 5.20. The van der Waals surface area contributed by atoms with Crippen LogP contribution in [0.1, 0.15) is 29.6 Å². The third kappa shape index (κ3) is 2.41. The quantitative estimate of drug-likeness (QED) is 0.594. The number of hydrogen-bond donors (Lipinski definition) is 0. The van der Waals surface area contributed by atoms with Crippen LogP contribution >= 0.6 is 23.2 Å². The summed E-state index contributed by atoms with van der Waals surface area (Å²) in [6, 6.07) is 1.42. The zero-order chi connectivity index (χ0) is 10.8. The van der Waals surface area contributed by atoms with Crippen LogP contribution in [0.3, 0.4) is 0 Å². The van der Waals surface area contributed by atoms with Crippen LogP contribution in [0.5, 0.6) is 0 Å². The number of pyridine rings is 1. The molecular weight excluding hydrogens is 237 g/mol. The molecule has 1 fully saturated rings. The summed E-state index contributed by atoms with van der Waals surface area (Å²) in [6.07, 6.45) is 4.37. The van der Waals surface area contributed by atoms with E-state index in [2.05, 4.69) is 4.98 Å². The van der Waals surface area contributed by atoms with Gasteiger partial charge in [-0.2, -0.15) is 0 Å². The lowest BCUT2D eigenvalue weighted by Crippen LogP contribution is -2.25. The Bertz CT molecular complexity index is 391. The molecule has 0 unspecified atom stereocenters. The zero-order valence-electron chi connectivity index (χ0n) is 7.87. The minimum atomic E-state index is -0.422. The average molecular weight is 246 g/mol. The Balaban J connectivity index is 2.12. The van der Waals surface area contributed by atoms with Gasteiger partial charge in [0.05, 0.1) is 10.6 Å². The lowest BCUT2D eigenvalue weighted by atomic mass is 9.96. The van der Waals surface area contributed by atoms with Crippen molar-refractivity contribution >= 4 is 29.2 Å². The number of carbonyl (C=O) groups is 1. The molecule has 0 radical (unpaired) electrons. The predicted octanol–water partition coefficient (Wildman–Crippen LogP) is 3.10. The maximum absolute atomic E-state index is 11.6. The van der Waals surface area contributed by atoms with Gasteiger partial charge in [0.25, 0.3) is 0 Å². The normalized spacial score (nSPS) is 15.9. The highest BCUT2D eigenvalue weighted by atomic mass is 35.5. The Labute approximate surface area is 97.4 Å². The molecule has 5 heteroatoms. The number of esters is 1. The molecule has 1 aromatic rings. The van der Waals surface area contributed by atoms with Crippen LogP contribution in [-0.2, 0) is 4.74 Å². The Kier molecular flexibility index (Phi) is 3.12. The molecule has 3 nitrogen and oxygen atoms in total. The third-order valence-electron chi connectivity index (χ3n) is 2.37. The molecule has 15 heavy (non-hydrogen) atoms. The SMILES string of the molecule is O=C(OC1CCC1)c1cc(Cl)ncc1Cl. The second kappa shape index (κ2) is 4.37. The lowest BCUT2D eigenvalue weighted by Gasteiger charge is -2.25. The number of nitrogens with zero attached hydrogens (tertiary/aromatic N) is 1. The lowest BCUT2D eigenvalue weighted by molar-refractivity contribution is 0.00902. The summed E-state index contributed by atoms with van der Waals surface area (Å²) in [5.74, 6) is -0.422. The standard InChI is InChI=1S/C10H9Cl2NO2/c11-8-5-13-9(12)4-7(8)10(14)15-6-2-1-3-6/h4-6H,1-3H2. The fraction of sp³-hybridized carbons (Fsp3) is 0.400. The van der Waals surface area contributed by atoms with Crippen LogP contribution in [-0.4, -0.2) is 17.1 Å². The maximum Gasteiger partial charge on any atom is 0.340 e. The number of hydrogen-bond acceptors (Lipinski definition) is 3. The monoisotopic (exact) mass is 245 g/mol. The van der Waals surface area contributed by atoms with Crippen molar-refractivity contribution in [2.75, 3.05) is 0 Å². The first kappa shape index (κ1) is 10.7. The number of aromatic nitrogens is 1. The van der Waals surface area contributed by atoms with Crippen LogP contribution < -0.4 is 0 Å². The van der Waals surface area contributed by atoms with Crippen LogP contribution in [0.4, 0.5) is 0 Å². The molecule has 0 amide bonds. The van der Waals surface area contributed by atoms with Crippen molar-refractivity contribution in [3.63, 3.8) is 0 Å². The fourth-order valence-corrected chi connectivity index (χ4v) is 1.61. The van der Waals surface area contributed by atoms with Gasteiger partial charge < -0.3 is 4.74 Å². The largest absolute Gasteiger partial charge is 0.459 e. The van der Waals surface area contributed by atoms with Crippen LogP contribution in [0.2, 0.25) is 10.2 Å². The van der Waals surface area contributed by atoms with E-state index in [1.54, 1.807) is 0 Å². The van der Waals surface area contributed by atoms with E-state index in [1.807, 2.05) is 0 Å². The highest BCUT2D eigenvalue weighted by molar-refractivity contribution is 6.34. The van der Waals surface area contributed by atoms with Crippen LogP contribution in [0, 0.1) is 0 Å². The molecular formula is C10H9Cl2NO2. The predicted molar refractivity (Wildman–Crippen MR) is 57.3 cm³/mol. The average Bonchev–Trinajstić information content (AvgIpc) is 2.15. The number of rotatable bonds is 2. The van der Waals surface area contributed by atoms with Gasteiger partial charge in [-0.1, -0.05) is 23.2 Å². The molecule has 0 saturated heterocycles. The van der Waals surface area contributed by atoms with Crippen molar-refractivity contribution in [2.45, 2.75) is 25.4 Å². The van der Waals surface area contributed by atoms with Crippen molar-refractivity contribution in [2.24, 2.45) is 0 Å². The first-order valence-electron chi connectivity index (χ1n) is 4.69. The zero-order valence-corrected chi connectivity index (χ0v) is 9.38. The highest BCUT2D eigenvalue weighted by Gasteiger charge is 2.23. The van der Waals surface area contributed by atoms with E-state index < -0.39 is 5.97 Å². The fourth-order valence-electron chi connectivity index (χ4n) is 1.27. The number of ether oxygens (including phenoxy) is 1. The van der Waals surface area contributed by atoms with Crippen LogP contribution in [0.15, 0.2) is 12.3 Å². The minimum absolute atomic E-state index is 0.0421. The van der Waals surface area contributed by atoms with Gasteiger partial charge in [-0.25, -0.2) is 9.78 Å². The summed E-state index contributed by atoms with van der Waals surface area (Å²) in [7, 11) is 0. The van der Waals surface area contributed by atoms with Gasteiger partial charge in [-0.3, -0.25) is 0 Å². The summed E-state index contributed by atoms with van der Waals surface area (Å²) >= 11 is 11.5. The van der Waals surface area contributed by atoms with E-state index in [0.29, 0.717) is 0 Å². The Morgan fingerprint density at radius 3 is 2.80 bits per heavy atom. The molecule has 2 rings (SSSR count). The molecule has 1 heterocycles. The second-order valence-electron chi connectivity index (χ2n) is 3.45. The molecule has 0 aliphatic heterocycles. The van der Waals surface area contributed by atoms with Gasteiger partial charge in [0, 0.05) is 6.20 Å². The molecule has 0 N–H and O–H groups in total. The van der Waals surface area contributed by atoms with E-state index in [-0.39, 0.29) is 21.8 Å². The van der Waals surface area contributed by atoms with Crippen LogP contribution in [0.25, 0.3) is 0 Å². The van der Waals surface area contributed by atoms with Gasteiger partial charge in [0.2, 0.25) is 0 Å². The summed E-state index contributed by atoms with van der Waals surface area (Å²) in [4.78, 5) is 15.4. The van der Waals surface area contributed by atoms with Crippen molar-refractivity contribution in [1.82, 2.24) is 4.98 Å². The molecule has 0 aromatic carbocycles. The molecule has 0 spiro atoms. The Morgan fingerprint density at radius 2 is 2.20 bits per heavy atom. The van der Waals surface area contributed by atoms with Gasteiger partial charge in [-0.15, -0.1) is 0 Å². The smallest absolute Gasteiger partial charge is 0.340 e. The Morgan fingerprint density at radius 1 is 1.47 bits per heavy atom. The second-order valence-corrected chi connectivity index (χ2v) is 4.24. The van der Waals surface area contributed by atoms with E-state index in [0.717, 1.165) is 19.3 Å². The first-order chi connectivity index (χ1) is 7.16. The summed E-state index contributed by atoms with van der Waals surface area (Å²) in [5.41, 5.74) is 0.281. The van der Waals surface area contributed by atoms with E-state index in [1.165, 1.54) is 12.3 Å². The summed E-state index contributed by atoms with van der Waals surface area (Å²) in [6.45, 7) is 0. The van der Waals surface area contributed by atoms with E-state index in [4.69, 9.17) is 27.9 Å². The number of carbonyl (C=O) groups excluding carboxylic acids is 1. The minimum Gasteiger partial charge on any atom is -0.459 e. The van der Waals surface area contributed by atoms with Gasteiger partial charge in [0.15, 0.2) is 0 Å². The topological polar surface area (TPSA) is 39.2 Å². The third-order valence-corrected chi connectivity index (χ3v) is 2.88. The molecule has 80 valence electrons. The molecule has 0 bridgehead atoms. The van der Waals surface area contributed by atoms with E-state index in [9.17, 15) is 4.79 Å². The van der Waals surface area contributed by atoms with Crippen molar-refractivity contribution in [3.8, 4) is 0 Å². The van der Waals surface area contributed by atoms with Crippen molar-refractivity contribution in [3.05, 3.63) is 28.0 Å². The van der Waals surface area contributed by atoms with Crippen molar-refractivity contribution in [1.29, 1.82) is 0 Å². The molecule has 1 aliphatic carbocycles. The first-order valence-corrected chi connectivity index (χ1v) is 5.44. The Hall–Kier alpha value is -0.800. The summed E-state index contributed by atoms with van der Waals surface area (Å²) in [5, 5.41) is 0.503. The van der Waals surface area contributed by atoms with E-state index >= 15 is 0 Å². The highest BCUT2D eigenvalue weighted by Crippen LogP contribution is 2.25. The van der Waals surface area contributed by atoms with Gasteiger partial charge in [-0.05, 0) is 25.3 Å². The van der Waals surface area contributed by atoms with Crippen molar-refractivity contribution < 1.29 is 9.53 Å². The molecule has 1 aliphatic rings. The molecule has 0 atom stereocenters.